The Hall–Kier alpha value is -2.12. The topological polar surface area (TPSA) is 84.2 Å². The first-order valence-corrected chi connectivity index (χ1v) is 9.25. The third-order valence-corrected chi connectivity index (χ3v) is 5.10. The van der Waals surface area contributed by atoms with Gasteiger partial charge in [0, 0.05) is 17.6 Å². The summed E-state index contributed by atoms with van der Waals surface area (Å²) in [6.07, 6.45) is 5.35. The minimum absolute atomic E-state index is 0.101. The van der Waals surface area contributed by atoms with Crippen LogP contribution in [0.3, 0.4) is 0 Å². The van der Waals surface area contributed by atoms with Crippen molar-refractivity contribution in [2.45, 2.75) is 38.6 Å². The summed E-state index contributed by atoms with van der Waals surface area (Å²) in [5.74, 6) is 0.446. The molecule has 3 rings (SSSR count). The number of hydrogen-bond acceptors (Lipinski definition) is 6. The van der Waals surface area contributed by atoms with Gasteiger partial charge in [0.25, 0.3) is 0 Å². The minimum Gasteiger partial charge on any atom is -0.348 e. The van der Waals surface area contributed by atoms with E-state index in [9.17, 15) is 10.1 Å². The van der Waals surface area contributed by atoms with E-state index in [-0.39, 0.29) is 17.5 Å². The molecule has 1 N–H and O–H groups in total. The minimum atomic E-state index is -0.447. The second kappa shape index (κ2) is 8.05. The van der Waals surface area contributed by atoms with E-state index >= 15 is 0 Å². The third kappa shape index (κ3) is 3.83. The maximum Gasteiger partial charge on any atom is 0.353 e. The molecule has 1 atom stereocenters. The molecule has 1 saturated heterocycles. The fourth-order valence-electron chi connectivity index (χ4n) is 3.26. The van der Waals surface area contributed by atoms with Crippen molar-refractivity contribution in [3.8, 4) is 0 Å². The lowest BCUT2D eigenvalue weighted by molar-refractivity contribution is -0.383. The molecule has 26 heavy (non-hydrogen) atoms. The first-order chi connectivity index (χ1) is 12.5. The van der Waals surface area contributed by atoms with Crippen LogP contribution in [0.1, 0.15) is 32.6 Å². The fourth-order valence-corrected chi connectivity index (χ4v) is 3.60. The number of rotatable bonds is 5. The van der Waals surface area contributed by atoms with Crippen LogP contribution in [0.15, 0.2) is 24.5 Å². The summed E-state index contributed by atoms with van der Waals surface area (Å²) in [6.45, 7) is 2.83. The largest absolute Gasteiger partial charge is 0.353 e. The van der Waals surface area contributed by atoms with Crippen molar-refractivity contribution < 1.29 is 4.92 Å². The molecule has 0 aliphatic carbocycles. The van der Waals surface area contributed by atoms with E-state index < -0.39 is 4.92 Å². The summed E-state index contributed by atoms with van der Waals surface area (Å²) < 4.78 is 0. The van der Waals surface area contributed by atoms with Crippen molar-refractivity contribution in [2.24, 2.45) is 0 Å². The van der Waals surface area contributed by atoms with Crippen LogP contribution in [0.2, 0.25) is 10.0 Å². The molecule has 1 aliphatic rings. The van der Waals surface area contributed by atoms with Gasteiger partial charge in [-0.3, -0.25) is 10.1 Å². The molecule has 0 radical (unpaired) electrons. The van der Waals surface area contributed by atoms with E-state index in [4.69, 9.17) is 23.2 Å². The average Bonchev–Trinajstić information content (AvgIpc) is 2.64. The van der Waals surface area contributed by atoms with E-state index in [2.05, 4.69) is 22.2 Å². The van der Waals surface area contributed by atoms with Gasteiger partial charge in [-0.1, -0.05) is 30.1 Å². The predicted octanol–water partition coefficient (Wildman–Crippen LogP) is 5.20. The number of halogens is 2. The molecule has 0 amide bonds. The predicted molar refractivity (Wildman–Crippen MR) is 104 cm³/mol. The van der Waals surface area contributed by atoms with Crippen LogP contribution in [0.5, 0.6) is 0 Å². The second-order valence-corrected chi connectivity index (χ2v) is 7.00. The maximum atomic E-state index is 11.8. The standard InChI is InChI=1S/C17H19Cl2N5O2/c1-2-12-5-3-4-8-23(12)17-15(24(25)26)16(20-10-21-17)22-14-9-11(18)6-7-13(14)19/h6-7,9-10,12H,2-5,8H2,1H3,(H,20,21,22). The van der Waals surface area contributed by atoms with Crippen LogP contribution in [0, 0.1) is 10.1 Å². The zero-order valence-electron chi connectivity index (χ0n) is 14.3. The Kier molecular flexibility index (Phi) is 5.78. The summed E-state index contributed by atoms with van der Waals surface area (Å²) in [5.41, 5.74) is 0.307. The van der Waals surface area contributed by atoms with Gasteiger partial charge in [0.05, 0.1) is 15.6 Å². The van der Waals surface area contributed by atoms with Gasteiger partial charge in [-0.15, -0.1) is 0 Å². The third-order valence-electron chi connectivity index (χ3n) is 4.54. The lowest BCUT2D eigenvalue weighted by Gasteiger charge is -2.35. The SMILES string of the molecule is CCC1CCCCN1c1ncnc(Nc2cc(Cl)ccc2Cl)c1[N+](=O)[O-]. The van der Waals surface area contributed by atoms with Gasteiger partial charge in [-0.2, -0.15) is 0 Å². The van der Waals surface area contributed by atoms with Crippen molar-refractivity contribution in [1.82, 2.24) is 9.97 Å². The molecule has 1 unspecified atom stereocenters. The molecule has 1 fully saturated rings. The first-order valence-electron chi connectivity index (χ1n) is 8.49. The molecular formula is C17H19Cl2N5O2. The van der Waals surface area contributed by atoms with Gasteiger partial charge in [0.1, 0.15) is 6.33 Å². The summed E-state index contributed by atoms with van der Waals surface area (Å²) >= 11 is 12.2. The molecular weight excluding hydrogens is 377 g/mol. The highest BCUT2D eigenvalue weighted by Gasteiger charge is 2.32. The Labute approximate surface area is 161 Å². The average molecular weight is 396 g/mol. The Morgan fingerprint density at radius 3 is 2.88 bits per heavy atom. The lowest BCUT2D eigenvalue weighted by Crippen LogP contribution is -2.40. The maximum absolute atomic E-state index is 11.8. The molecule has 9 heteroatoms. The van der Waals surface area contributed by atoms with E-state index in [1.54, 1.807) is 18.2 Å². The lowest BCUT2D eigenvalue weighted by atomic mass is 10.00. The van der Waals surface area contributed by atoms with E-state index in [0.717, 1.165) is 32.2 Å². The van der Waals surface area contributed by atoms with Gasteiger partial charge < -0.3 is 10.2 Å². The number of nitrogens with one attached hydrogen (secondary N) is 1. The number of benzene rings is 1. The molecule has 1 aromatic carbocycles. The quantitative estimate of drug-likeness (QED) is 0.552. The van der Waals surface area contributed by atoms with Crippen molar-refractivity contribution in [1.29, 1.82) is 0 Å². The number of piperidine rings is 1. The fraction of sp³-hybridized carbons (Fsp3) is 0.412. The molecule has 0 saturated carbocycles. The summed E-state index contributed by atoms with van der Waals surface area (Å²) in [4.78, 5) is 21.7. The molecule has 138 valence electrons. The molecule has 7 nitrogen and oxygen atoms in total. The van der Waals surface area contributed by atoms with Gasteiger partial charge in [-0.05, 0) is 43.9 Å². The number of aromatic nitrogens is 2. The highest BCUT2D eigenvalue weighted by atomic mass is 35.5. The number of nitrogens with zero attached hydrogens (tertiary/aromatic N) is 4. The number of hydrogen-bond donors (Lipinski definition) is 1. The van der Waals surface area contributed by atoms with Gasteiger partial charge >= 0.3 is 5.69 Å². The zero-order valence-corrected chi connectivity index (χ0v) is 15.8. The van der Waals surface area contributed by atoms with Crippen LogP contribution >= 0.6 is 23.2 Å². The van der Waals surface area contributed by atoms with Crippen molar-refractivity contribution in [2.75, 3.05) is 16.8 Å². The molecule has 1 aromatic heterocycles. The van der Waals surface area contributed by atoms with Crippen LogP contribution in [0.4, 0.5) is 23.0 Å². The molecule has 1 aliphatic heterocycles. The summed E-state index contributed by atoms with van der Waals surface area (Å²) in [7, 11) is 0. The Morgan fingerprint density at radius 1 is 1.35 bits per heavy atom. The van der Waals surface area contributed by atoms with Crippen molar-refractivity contribution in [3.05, 3.63) is 44.7 Å². The highest BCUT2D eigenvalue weighted by Crippen LogP contribution is 2.38. The van der Waals surface area contributed by atoms with Crippen LogP contribution in [0.25, 0.3) is 0 Å². The van der Waals surface area contributed by atoms with E-state index in [1.807, 2.05) is 4.90 Å². The van der Waals surface area contributed by atoms with E-state index in [0.29, 0.717) is 21.6 Å². The number of anilines is 3. The molecule has 0 bridgehead atoms. The second-order valence-electron chi connectivity index (χ2n) is 6.15. The molecule has 2 heterocycles. The molecule has 0 spiro atoms. The summed E-state index contributed by atoms with van der Waals surface area (Å²) in [5, 5.41) is 15.6. The first kappa shape index (κ1) is 18.7. The van der Waals surface area contributed by atoms with Gasteiger partial charge in [0.15, 0.2) is 0 Å². The van der Waals surface area contributed by atoms with Crippen LogP contribution < -0.4 is 10.2 Å². The Balaban J connectivity index is 2.04. The highest BCUT2D eigenvalue weighted by molar-refractivity contribution is 6.35. The van der Waals surface area contributed by atoms with Crippen molar-refractivity contribution in [3.63, 3.8) is 0 Å². The smallest absolute Gasteiger partial charge is 0.348 e. The normalized spacial score (nSPS) is 17.2. The number of nitro groups is 1. The summed E-state index contributed by atoms with van der Waals surface area (Å²) in [6, 6.07) is 5.11. The zero-order chi connectivity index (χ0) is 18.7. The van der Waals surface area contributed by atoms with Gasteiger partial charge in [-0.25, -0.2) is 9.97 Å². The van der Waals surface area contributed by atoms with Crippen molar-refractivity contribution >= 4 is 46.2 Å². The monoisotopic (exact) mass is 395 g/mol. The Morgan fingerprint density at radius 2 is 2.15 bits per heavy atom. The molecule has 2 aromatic rings. The van der Waals surface area contributed by atoms with Crippen LogP contribution in [-0.2, 0) is 0 Å². The van der Waals surface area contributed by atoms with E-state index in [1.165, 1.54) is 6.33 Å². The Bertz CT molecular complexity index is 818. The van der Waals surface area contributed by atoms with Crippen LogP contribution in [-0.4, -0.2) is 27.5 Å². The van der Waals surface area contributed by atoms with Gasteiger partial charge in [0.2, 0.25) is 11.6 Å².